The average Bonchev–Trinajstić information content (AvgIpc) is 4.18. The Labute approximate surface area is 444 Å². The van der Waals surface area contributed by atoms with Crippen molar-refractivity contribution in [1.29, 1.82) is 5.26 Å². The number of aromatic amines is 2. The number of rotatable bonds is 10. The van der Waals surface area contributed by atoms with Crippen molar-refractivity contribution in [2.45, 2.75) is 13.0 Å². The summed E-state index contributed by atoms with van der Waals surface area (Å²) in [7, 11) is 3.71. The van der Waals surface area contributed by atoms with Gasteiger partial charge in [-0.2, -0.15) is 15.5 Å². The number of anilines is 2. The number of amides is 2. The predicted octanol–water partition coefficient (Wildman–Crippen LogP) is 9.74. The summed E-state index contributed by atoms with van der Waals surface area (Å²) < 4.78 is 34.3. The maximum atomic E-state index is 17.6. The standard InChI is InChI=1S/C56H47Cl2F2N13O3/c1-5-44(75)70-16-20-73(21-17-70)56-37-25-41(58)48(46-30(2)10-11-42-38(46)28-63-67-42)50(60)52(37)65-55(66-56)53-39(29-64-68-53)43(69(3)4)12-13-45(76)71-14-18-72(19-15-71)54-32(26-61)27-62-51-36(54)24-40(57)47(49(51)59)35-23-33(74)22-31-8-6-7-9-34(31)35/h5-13,22-25,27-29,43,74H,1,14-21H2,2-4H3,(H,63,67)(H,64,68)/b13-12+. The molecule has 5 aromatic carbocycles. The van der Waals surface area contributed by atoms with Gasteiger partial charge in [-0.05, 0) is 79.3 Å². The summed E-state index contributed by atoms with van der Waals surface area (Å²) in [6.45, 7) is 8.25. The Morgan fingerprint density at radius 2 is 1.47 bits per heavy atom. The number of aromatic nitrogens is 7. The van der Waals surface area contributed by atoms with E-state index in [2.05, 4.69) is 38.0 Å². The normalized spacial score (nSPS) is 14.7. The summed E-state index contributed by atoms with van der Waals surface area (Å²) in [5.41, 5.74) is 4.45. The van der Waals surface area contributed by atoms with Crippen molar-refractivity contribution in [3.05, 3.63) is 142 Å². The molecule has 2 aliphatic heterocycles. The Morgan fingerprint density at radius 3 is 2.21 bits per heavy atom. The fourth-order valence-corrected chi connectivity index (χ4v) is 11.2. The van der Waals surface area contributed by atoms with Gasteiger partial charge < -0.3 is 24.7 Å². The van der Waals surface area contributed by atoms with Crippen LogP contribution in [0.2, 0.25) is 10.0 Å². The summed E-state index contributed by atoms with van der Waals surface area (Å²) in [5.74, 6) is -1.26. The molecule has 0 radical (unpaired) electrons. The van der Waals surface area contributed by atoms with Gasteiger partial charge in [-0.1, -0.05) is 66.2 Å². The number of fused-ring (bicyclic) bond motifs is 4. The van der Waals surface area contributed by atoms with Crippen LogP contribution in [-0.2, 0) is 9.59 Å². The third-order valence-electron chi connectivity index (χ3n) is 14.4. The topological polar surface area (TPSA) is 190 Å². The van der Waals surface area contributed by atoms with Crippen molar-refractivity contribution < 1.29 is 23.5 Å². The van der Waals surface area contributed by atoms with Crippen LogP contribution in [0.4, 0.5) is 20.3 Å². The maximum Gasteiger partial charge on any atom is 0.246 e. The van der Waals surface area contributed by atoms with Gasteiger partial charge >= 0.3 is 0 Å². The Morgan fingerprint density at radius 1 is 0.789 bits per heavy atom. The first-order valence-corrected chi connectivity index (χ1v) is 25.1. The van der Waals surface area contributed by atoms with Crippen LogP contribution >= 0.6 is 23.2 Å². The first-order chi connectivity index (χ1) is 36.7. The highest BCUT2D eigenvalue weighted by molar-refractivity contribution is 6.35. The lowest BCUT2D eigenvalue weighted by Gasteiger charge is -2.36. The van der Waals surface area contributed by atoms with Crippen molar-refractivity contribution in [2.24, 2.45) is 0 Å². The lowest BCUT2D eigenvalue weighted by Crippen LogP contribution is -2.48. The number of benzene rings is 5. The van der Waals surface area contributed by atoms with Crippen molar-refractivity contribution in [1.82, 2.24) is 50.0 Å². The van der Waals surface area contributed by atoms with Crippen LogP contribution < -0.4 is 9.80 Å². The van der Waals surface area contributed by atoms with Crippen LogP contribution in [0.15, 0.2) is 104 Å². The summed E-state index contributed by atoms with van der Waals surface area (Å²) in [5, 5.41) is 38.5. The molecule has 6 heterocycles. The number of phenolic OH excluding ortho intramolecular Hbond substituents is 1. The van der Waals surface area contributed by atoms with E-state index >= 15 is 8.78 Å². The molecule has 3 N–H and O–H groups in total. The average molecular weight is 1060 g/mol. The van der Waals surface area contributed by atoms with Crippen LogP contribution in [0.3, 0.4) is 0 Å². The quantitative estimate of drug-likeness (QED) is 0.110. The Hall–Kier alpha value is -8.50. The molecule has 2 fully saturated rings. The minimum atomic E-state index is -0.691. The van der Waals surface area contributed by atoms with Gasteiger partial charge in [0.05, 0.1) is 45.2 Å². The van der Waals surface area contributed by atoms with Gasteiger partial charge in [-0.25, -0.2) is 18.7 Å². The van der Waals surface area contributed by atoms with Gasteiger partial charge in [0.25, 0.3) is 0 Å². The number of carbonyl (C=O) groups excluding carboxylic acids is 2. The fraction of sp³-hybridized carbons (Fsp3) is 0.214. The van der Waals surface area contributed by atoms with E-state index < -0.39 is 17.7 Å². The summed E-state index contributed by atoms with van der Waals surface area (Å²) >= 11 is 13.9. The highest BCUT2D eigenvalue weighted by Gasteiger charge is 2.31. The number of hydrogen-bond donors (Lipinski definition) is 3. The van der Waals surface area contributed by atoms with E-state index in [0.717, 1.165) is 5.56 Å². The van der Waals surface area contributed by atoms with E-state index in [1.165, 1.54) is 24.4 Å². The SMILES string of the molecule is C=CC(=O)N1CCN(c2nc(-c3[nH]ncc3C(/C=C/C(=O)N3CCN(c4c(C#N)cnc5c(F)c(-c6cc(O)cc7ccccc67)c(Cl)cc45)CC3)N(C)C)nc3c(F)c(-c4c(C)ccc5[nH]ncc45)c(Cl)cc23)CC1. The minimum absolute atomic E-state index is 0.0123. The summed E-state index contributed by atoms with van der Waals surface area (Å²) in [6, 6.07) is 19.1. The number of piperazine rings is 2. The van der Waals surface area contributed by atoms with Gasteiger partial charge in [0.15, 0.2) is 17.5 Å². The second-order valence-corrected chi connectivity index (χ2v) is 19.8. The zero-order chi connectivity index (χ0) is 53.1. The second kappa shape index (κ2) is 20.0. The lowest BCUT2D eigenvalue weighted by atomic mass is 9.95. The van der Waals surface area contributed by atoms with E-state index in [1.807, 2.05) is 72.1 Å². The predicted molar refractivity (Wildman–Crippen MR) is 291 cm³/mol. The molecule has 382 valence electrons. The number of aryl methyl sites for hydroxylation is 1. The number of aromatic hydroxyl groups is 1. The number of nitrogens with zero attached hydrogens (tertiary/aromatic N) is 11. The van der Waals surface area contributed by atoms with Crippen molar-refractivity contribution >= 4 is 90.0 Å². The molecule has 4 aromatic heterocycles. The first kappa shape index (κ1) is 49.7. The molecule has 76 heavy (non-hydrogen) atoms. The summed E-state index contributed by atoms with van der Waals surface area (Å²) in [4.78, 5) is 50.2. The maximum absolute atomic E-state index is 17.6. The highest BCUT2D eigenvalue weighted by atomic mass is 35.5. The third kappa shape index (κ3) is 8.65. The van der Waals surface area contributed by atoms with Crippen molar-refractivity contribution in [2.75, 3.05) is 76.3 Å². The molecule has 2 amide bonds. The molecular weight excluding hydrogens is 1010 g/mol. The zero-order valence-electron chi connectivity index (χ0n) is 41.4. The first-order valence-electron chi connectivity index (χ1n) is 24.4. The number of phenols is 1. The number of H-pyrrole nitrogens is 2. The minimum Gasteiger partial charge on any atom is -0.508 e. The molecule has 0 saturated carbocycles. The van der Waals surface area contributed by atoms with Crippen LogP contribution in [0, 0.1) is 29.9 Å². The van der Waals surface area contributed by atoms with Crippen LogP contribution in [0.25, 0.3) is 77.3 Å². The smallest absolute Gasteiger partial charge is 0.246 e. The molecule has 16 nitrogen and oxygen atoms in total. The third-order valence-corrected chi connectivity index (χ3v) is 15.0. The Bertz CT molecular complexity index is 3930. The Balaban J connectivity index is 0.890. The van der Waals surface area contributed by atoms with E-state index in [9.17, 15) is 20.0 Å². The number of nitrogens with one attached hydrogen (secondary N) is 2. The monoisotopic (exact) mass is 1060 g/mol. The van der Waals surface area contributed by atoms with Gasteiger partial charge in [-0.15, -0.1) is 0 Å². The van der Waals surface area contributed by atoms with E-state index in [1.54, 1.807) is 46.5 Å². The molecular formula is C56H47Cl2F2N13O3. The molecule has 0 aliphatic carbocycles. The van der Waals surface area contributed by atoms with E-state index in [0.29, 0.717) is 106 Å². The number of halogens is 4. The molecule has 20 heteroatoms. The number of pyridine rings is 1. The number of likely N-dealkylation sites (N-methyl/N-ethyl adjacent to an activating group) is 1. The second-order valence-electron chi connectivity index (χ2n) is 19.0. The van der Waals surface area contributed by atoms with E-state index in [4.69, 9.17) is 33.2 Å². The molecule has 11 rings (SSSR count). The van der Waals surface area contributed by atoms with Crippen molar-refractivity contribution in [3.8, 4) is 45.6 Å². The van der Waals surface area contributed by atoms with Gasteiger partial charge in [0.2, 0.25) is 11.8 Å². The van der Waals surface area contributed by atoms with Gasteiger partial charge in [-0.3, -0.25) is 29.7 Å². The highest BCUT2D eigenvalue weighted by Crippen LogP contribution is 2.45. The molecule has 0 bridgehead atoms. The fourth-order valence-electron chi connectivity index (χ4n) is 10.6. The van der Waals surface area contributed by atoms with Crippen LogP contribution in [0.1, 0.15) is 22.7 Å². The number of nitriles is 1. The van der Waals surface area contributed by atoms with Gasteiger partial charge in [0.1, 0.15) is 34.4 Å². The molecule has 9 aromatic rings. The largest absolute Gasteiger partial charge is 0.508 e. The van der Waals surface area contributed by atoms with E-state index in [-0.39, 0.29) is 74.2 Å². The van der Waals surface area contributed by atoms with Crippen molar-refractivity contribution in [3.63, 3.8) is 0 Å². The number of hydrogen-bond acceptors (Lipinski definition) is 12. The summed E-state index contributed by atoms with van der Waals surface area (Å²) in [6.07, 6.45) is 9.16. The molecule has 2 saturated heterocycles. The van der Waals surface area contributed by atoms with Crippen LogP contribution in [0.5, 0.6) is 5.75 Å². The molecule has 1 atom stereocenters. The molecule has 0 spiro atoms. The molecule has 2 aliphatic rings. The zero-order valence-corrected chi connectivity index (χ0v) is 42.9. The number of carbonyl (C=O) groups is 2. The molecule has 1 unspecified atom stereocenters. The van der Waals surface area contributed by atoms with Crippen LogP contribution in [-0.4, -0.2) is 133 Å². The lowest BCUT2D eigenvalue weighted by molar-refractivity contribution is -0.127. The van der Waals surface area contributed by atoms with Gasteiger partial charge in [0, 0.05) is 103 Å². The Kier molecular flexibility index (Phi) is 13.1.